The van der Waals surface area contributed by atoms with Crippen LogP contribution in [0, 0.1) is 0 Å². The van der Waals surface area contributed by atoms with Gasteiger partial charge in [0.2, 0.25) is 10.0 Å². The second kappa shape index (κ2) is 5.95. The Hall–Kier alpha value is -2.90. The lowest BCUT2D eigenvalue weighted by molar-refractivity contribution is 0.102. The SMILES string of the molecule is NS(=O)(=O)c1cccc(NC(=O)c2cc3ccccc3cc2O)c1. The molecule has 0 spiro atoms. The zero-order chi connectivity index (χ0) is 17.3. The number of sulfonamides is 1. The summed E-state index contributed by atoms with van der Waals surface area (Å²) in [7, 11) is -3.86. The molecular formula is C17H14N2O4S. The number of amides is 1. The highest BCUT2D eigenvalue weighted by molar-refractivity contribution is 7.89. The summed E-state index contributed by atoms with van der Waals surface area (Å²) in [4.78, 5) is 12.3. The van der Waals surface area contributed by atoms with Crippen molar-refractivity contribution >= 4 is 32.4 Å². The predicted octanol–water partition coefficient (Wildman–Crippen LogP) is 2.45. The van der Waals surface area contributed by atoms with Gasteiger partial charge in [0.1, 0.15) is 5.75 Å². The molecule has 0 saturated heterocycles. The summed E-state index contributed by atoms with van der Waals surface area (Å²) >= 11 is 0. The quantitative estimate of drug-likeness (QED) is 0.679. The fourth-order valence-electron chi connectivity index (χ4n) is 2.36. The molecule has 0 aliphatic heterocycles. The molecule has 7 heteroatoms. The zero-order valence-corrected chi connectivity index (χ0v) is 13.2. The Kier molecular flexibility index (Phi) is 3.96. The molecule has 0 unspecified atom stereocenters. The van der Waals surface area contributed by atoms with E-state index in [1.807, 2.05) is 24.3 Å². The van der Waals surface area contributed by atoms with Crippen LogP contribution in [0.1, 0.15) is 10.4 Å². The summed E-state index contributed by atoms with van der Waals surface area (Å²) in [6.07, 6.45) is 0. The van der Waals surface area contributed by atoms with Crippen molar-refractivity contribution in [1.82, 2.24) is 0 Å². The van der Waals surface area contributed by atoms with E-state index in [1.165, 1.54) is 30.3 Å². The van der Waals surface area contributed by atoms with E-state index >= 15 is 0 Å². The maximum Gasteiger partial charge on any atom is 0.259 e. The number of fused-ring (bicyclic) bond motifs is 1. The van der Waals surface area contributed by atoms with Crippen molar-refractivity contribution < 1.29 is 18.3 Å². The predicted molar refractivity (Wildman–Crippen MR) is 91.4 cm³/mol. The standard InChI is InChI=1S/C17H14N2O4S/c18-24(22,23)14-7-3-6-13(10-14)19-17(21)15-8-11-4-1-2-5-12(11)9-16(15)20/h1-10,20H,(H,19,21)(H2,18,22,23). The van der Waals surface area contributed by atoms with E-state index in [0.29, 0.717) is 0 Å². The van der Waals surface area contributed by atoms with Gasteiger partial charge < -0.3 is 10.4 Å². The van der Waals surface area contributed by atoms with Crippen LogP contribution in [-0.2, 0) is 10.0 Å². The minimum atomic E-state index is -3.86. The molecule has 1 amide bonds. The Bertz CT molecular complexity index is 1050. The Morgan fingerprint density at radius 3 is 2.29 bits per heavy atom. The number of anilines is 1. The number of carbonyl (C=O) groups is 1. The van der Waals surface area contributed by atoms with Crippen LogP contribution < -0.4 is 10.5 Å². The highest BCUT2D eigenvalue weighted by Gasteiger charge is 2.14. The number of aromatic hydroxyl groups is 1. The number of hydrogen-bond donors (Lipinski definition) is 3. The fourth-order valence-corrected chi connectivity index (χ4v) is 2.92. The van der Waals surface area contributed by atoms with E-state index in [2.05, 4.69) is 5.32 Å². The number of nitrogens with two attached hydrogens (primary N) is 1. The number of nitrogens with one attached hydrogen (secondary N) is 1. The highest BCUT2D eigenvalue weighted by atomic mass is 32.2. The van der Waals surface area contributed by atoms with Gasteiger partial charge in [0.05, 0.1) is 10.5 Å². The van der Waals surface area contributed by atoms with E-state index < -0.39 is 15.9 Å². The van der Waals surface area contributed by atoms with Gasteiger partial charge in [-0.3, -0.25) is 4.79 Å². The molecule has 0 radical (unpaired) electrons. The number of hydrogen-bond acceptors (Lipinski definition) is 4. The minimum absolute atomic E-state index is 0.0923. The lowest BCUT2D eigenvalue weighted by Gasteiger charge is -2.09. The molecular weight excluding hydrogens is 328 g/mol. The van der Waals surface area contributed by atoms with Crippen molar-refractivity contribution in [2.75, 3.05) is 5.32 Å². The number of phenolic OH excluding ortho intramolecular Hbond substituents is 1. The number of rotatable bonds is 3. The van der Waals surface area contributed by atoms with Crippen LogP contribution in [0.4, 0.5) is 5.69 Å². The molecule has 0 aromatic heterocycles. The van der Waals surface area contributed by atoms with E-state index in [4.69, 9.17) is 5.14 Å². The molecule has 122 valence electrons. The molecule has 3 rings (SSSR count). The van der Waals surface area contributed by atoms with Crippen LogP contribution in [0.15, 0.2) is 65.6 Å². The maximum absolute atomic E-state index is 12.4. The molecule has 4 N–H and O–H groups in total. The maximum atomic E-state index is 12.4. The number of primary sulfonamides is 1. The Morgan fingerprint density at radius 1 is 0.958 bits per heavy atom. The summed E-state index contributed by atoms with van der Waals surface area (Å²) in [5.41, 5.74) is 0.355. The van der Waals surface area contributed by atoms with Crippen LogP contribution in [0.25, 0.3) is 10.8 Å². The van der Waals surface area contributed by atoms with Crippen molar-refractivity contribution in [3.63, 3.8) is 0 Å². The van der Waals surface area contributed by atoms with Crippen molar-refractivity contribution in [1.29, 1.82) is 0 Å². The molecule has 6 nitrogen and oxygen atoms in total. The van der Waals surface area contributed by atoms with Crippen LogP contribution in [-0.4, -0.2) is 19.4 Å². The lowest BCUT2D eigenvalue weighted by atomic mass is 10.1. The monoisotopic (exact) mass is 342 g/mol. The molecule has 0 fully saturated rings. The number of carbonyl (C=O) groups excluding carboxylic acids is 1. The summed E-state index contributed by atoms with van der Waals surface area (Å²) in [6.45, 7) is 0. The lowest BCUT2D eigenvalue weighted by Crippen LogP contribution is -2.15. The van der Waals surface area contributed by atoms with E-state index in [0.717, 1.165) is 10.8 Å². The molecule has 0 aliphatic rings. The smallest absolute Gasteiger partial charge is 0.259 e. The topological polar surface area (TPSA) is 109 Å². The Morgan fingerprint density at radius 2 is 1.62 bits per heavy atom. The van der Waals surface area contributed by atoms with Gasteiger partial charge in [0.25, 0.3) is 5.91 Å². The Labute approximate surface area is 138 Å². The molecule has 0 heterocycles. The van der Waals surface area contributed by atoms with E-state index in [-0.39, 0.29) is 21.9 Å². The first kappa shape index (κ1) is 16.0. The van der Waals surface area contributed by atoms with Crippen LogP contribution in [0.5, 0.6) is 5.75 Å². The van der Waals surface area contributed by atoms with Gasteiger partial charge in [0.15, 0.2) is 0 Å². The summed E-state index contributed by atoms with van der Waals surface area (Å²) in [6, 6.07) is 16.0. The first-order valence-corrected chi connectivity index (χ1v) is 8.55. The van der Waals surface area contributed by atoms with Crippen molar-refractivity contribution in [3.8, 4) is 5.75 Å². The number of benzene rings is 3. The summed E-state index contributed by atoms with van der Waals surface area (Å²) < 4.78 is 22.7. The Balaban J connectivity index is 1.94. The zero-order valence-electron chi connectivity index (χ0n) is 12.4. The minimum Gasteiger partial charge on any atom is -0.507 e. The van der Waals surface area contributed by atoms with Gasteiger partial charge in [-0.1, -0.05) is 30.3 Å². The molecule has 0 atom stereocenters. The second-order valence-corrected chi connectivity index (χ2v) is 6.80. The largest absolute Gasteiger partial charge is 0.507 e. The van der Waals surface area contributed by atoms with E-state index in [9.17, 15) is 18.3 Å². The van der Waals surface area contributed by atoms with Crippen molar-refractivity contribution in [2.24, 2.45) is 5.14 Å². The average molecular weight is 342 g/mol. The molecule has 0 bridgehead atoms. The summed E-state index contributed by atoms with van der Waals surface area (Å²) in [5.74, 6) is -0.710. The average Bonchev–Trinajstić information content (AvgIpc) is 2.53. The molecule has 0 saturated carbocycles. The third-order valence-corrected chi connectivity index (χ3v) is 4.44. The third kappa shape index (κ3) is 3.22. The van der Waals surface area contributed by atoms with Gasteiger partial charge in [-0.2, -0.15) is 0 Å². The van der Waals surface area contributed by atoms with Crippen LogP contribution >= 0.6 is 0 Å². The number of phenols is 1. The third-order valence-electron chi connectivity index (χ3n) is 3.53. The van der Waals surface area contributed by atoms with Gasteiger partial charge in [-0.25, -0.2) is 13.6 Å². The van der Waals surface area contributed by atoms with Gasteiger partial charge in [-0.15, -0.1) is 0 Å². The molecule has 0 aliphatic carbocycles. The van der Waals surface area contributed by atoms with E-state index in [1.54, 1.807) is 6.07 Å². The van der Waals surface area contributed by atoms with Gasteiger partial charge >= 0.3 is 0 Å². The highest BCUT2D eigenvalue weighted by Crippen LogP contribution is 2.26. The molecule has 3 aromatic rings. The van der Waals surface area contributed by atoms with Gasteiger partial charge in [-0.05, 0) is 41.1 Å². The van der Waals surface area contributed by atoms with Crippen LogP contribution in [0.3, 0.4) is 0 Å². The van der Waals surface area contributed by atoms with Gasteiger partial charge in [0, 0.05) is 5.69 Å². The van der Waals surface area contributed by atoms with Crippen LogP contribution in [0.2, 0.25) is 0 Å². The normalized spacial score (nSPS) is 11.4. The first-order chi connectivity index (χ1) is 11.3. The van der Waals surface area contributed by atoms with Crippen molar-refractivity contribution in [2.45, 2.75) is 4.90 Å². The van der Waals surface area contributed by atoms with Crippen molar-refractivity contribution in [3.05, 3.63) is 66.2 Å². The first-order valence-electron chi connectivity index (χ1n) is 7.00. The second-order valence-electron chi connectivity index (χ2n) is 5.24. The summed E-state index contributed by atoms with van der Waals surface area (Å²) in [5, 5.41) is 19.3. The fraction of sp³-hybridized carbons (Fsp3) is 0. The molecule has 24 heavy (non-hydrogen) atoms. The molecule has 3 aromatic carbocycles.